The molecule has 0 aliphatic carbocycles. The van der Waals surface area contributed by atoms with E-state index in [2.05, 4.69) is 52.1 Å². The van der Waals surface area contributed by atoms with E-state index in [1.165, 1.54) is 5.56 Å². The average Bonchev–Trinajstić information content (AvgIpc) is 2.88. The molecule has 0 aliphatic heterocycles. The number of hydrogen-bond donors (Lipinski definition) is 1. The number of hydrogen-bond acceptors (Lipinski definition) is 2. The summed E-state index contributed by atoms with van der Waals surface area (Å²) in [5.41, 5.74) is 1.34. The predicted octanol–water partition coefficient (Wildman–Crippen LogP) is 2.62. The Morgan fingerprint density at radius 2 is 2.12 bits per heavy atom. The molecule has 3 nitrogen and oxygen atoms in total. The minimum absolute atomic E-state index is 0.416. The fraction of sp³-hybridized carbons (Fsp3) is 0.357. The van der Waals surface area contributed by atoms with Gasteiger partial charge in [0.2, 0.25) is 0 Å². The van der Waals surface area contributed by atoms with Crippen LogP contribution in [0, 0.1) is 0 Å². The third-order valence-corrected chi connectivity index (χ3v) is 2.90. The lowest BCUT2D eigenvalue weighted by molar-refractivity contribution is 0.526. The fourth-order valence-corrected chi connectivity index (χ4v) is 1.86. The highest BCUT2D eigenvalue weighted by Crippen LogP contribution is 2.10. The van der Waals surface area contributed by atoms with Gasteiger partial charge in [0.25, 0.3) is 0 Å². The molecular weight excluding hydrogens is 210 g/mol. The summed E-state index contributed by atoms with van der Waals surface area (Å²) in [6.07, 6.45) is 6.80. The molecule has 1 atom stereocenters. The Morgan fingerprint density at radius 3 is 2.82 bits per heavy atom. The van der Waals surface area contributed by atoms with E-state index >= 15 is 0 Å². The summed E-state index contributed by atoms with van der Waals surface area (Å²) < 4.78 is 2.11. The monoisotopic (exact) mass is 229 g/mol. The average molecular weight is 229 g/mol. The van der Waals surface area contributed by atoms with Gasteiger partial charge in [0, 0.05) is 25.0 Å². The zero-order valence-electron chi connectivity index (χ0n) is 10.2. The Hall–Kier alpha value is -1.61. The van der Waals surface area contributed by atoms with Gasteiger partial charge in [-0.1, -0.05) is 30.3 Å². The molecule has 0 aliphatic rings. The van der Waals surface area contributed by atoms with Crippen molar-refractivity contribution in [3.05, 3.63) is 54.6 Å². The molecule has 0 radical (unpaired) electrons. The summed E-state index contributed by atoms with van der Waals surface area (Å²) in [4.78, 5) is 4.03. The van der Waals surface area contributed by atoms with E-state index < -0.39 is 0 Å². The van der Waals surface area contributed by atoms with Crippen molar-refractivity contribution in [1.82, 2.24) is 14.9 Å². The molecule has 2 rings (SSSR count). The topological polar surface area (TPSA) is 29.9 Å². The van der Waals surface area contributed by atoms with E-state index in [4.69, 9.17) is 0 Å². The Bertz CT molecular complexity index is 408. The summed E-state index contributed by atoms with van der Waals surface area (Å²) in [5, 5.41) is 3.53. The quantitative estimate of drug-likeness (QED) is 0.772. The van der Waals surface area contributed by atoms with Crippen molar-refractivity contribution < 1.29 is 0 Å². The first-order chi connectivity index (χ1) is 8.36. The summed E-state index contributed by atoms with van der Waals surface area (Å²) in [6, 6.07) is 11.0. The number of rotatable bonds is 6. The molecular formula is C14H19N3. The van der Waals surface area contributed by atoms with Crippen molar-refractivity contribution in [1.29, 1.82) is 0 Å². The molecule has 3 heteroatoms. The Morgan fingerprint density at radius 1 is 1.29 bits per heavy atom. The van der Waals surface area contributed by atoms with Gasteiger partial charge < -0.3 is 9.88 Å². The number of benzene rings is 1. The van der Waals surface area contributed by atoms with E-state index in [-0.39, 0.29) is 0 Å². The lowest BCUT2D eigenvalue weighted by Gasteiger charge is -2.14. The normalized spacial score (nSPS) is 12.5. The van der Waals surface area contributed by atoms with Crippen LogP contribution in [0.25, 0.3) is 0 Å². The van der Waals surface area contributed by atoms with E-state index in [1.54, 1.807) is 0 Å². The van der Waals surface area contributed by atoms with Gasteiger partial charge in [0.15, 0.2) is 0 Å². The molecule has 1 heterocycles. The van der Waals surface area contributed by atoms with Crippen LogP contribution in [0.3, 0.4) is 0 Å². The van der Waals surface area contributed by atoms with Gasteiger partial charge in [-0.25, -0.2) is 4.98 Å². The van der Waals surface area contributed by atoms with Crippen LogP contribution >= 0.6 is 0 Å². The molecule has 0 unspecified atom stereocenters. The van der Waals surface area contributed by atoms with Crippen molar-refractivity contribution in [2.45, 2.75) is 25.9 Å². The maximum atomic E-state index is 4.03. The lowest BCUT2D eigenvalue weighted by atomic mass is 10.1. The summed E-state index contributed by atoms with van der Waals surface area (Å²) in [7, 11) is 0. The van der Waals surface area contributed by atoms with Crippen molar-refractivity contribution in [2.75, 3.05) is 6.54 Å². The molecule has 0 saturated heterocycles. The number of aryl methyl sites for hydroxylation is 1. The minimum Gasteiger partial charge on any atom is -0.337 e. The smallest absolute Gasteiger partial charge is 0.0945 e. The highest BCUT2D eigenvalue weighted by Gasteiger charge is 2.02. The van der Waals surface area contributed by atoms with Crippen molar-refractivity contribution in [3.8, 4) is 0 Å². The molecule has 90 valence electrons. The molecule has 0 saturated carbocycles. The van der Waals surface area contributed by atoms with Crippen LogP contribution in [0.15, 0.2) is 49.1 Å². The van der Waals surface area contributed by atoms with Gasteiger partial charge in [-0.2, -0.15) is 0 Å². The van der Waals surface area contributed by atoms with Crippen molar-refractivity contribution in [2.24, 2.45) is 0 Å². The molecule has 0 bridgehead atoms. The molecule has 1 N–H and O–H groups in total. The minimum atomic E-state index is 0.416. The molecule has 1 aromatic carbocycles. The molecule has 17 heavy (non-hydrogen) atoms. The zero-order valence-corrected chi connectivity index (χ0v) is 10.2. The number of imidazole rings is 1. The molecule has 0 fully saturated rings. The highest BCUT2D eigenvalue weighted by molar-refractivity contribution is 5.17. The number of aromatic nitrogens is 2. The molecule has 0 amide bonds. The van der Waals surface area contributed by atoms with Gasteiger partial charge >= 0.3 is 0 Å². The van der Waals surface area contributed by atoms with Crippen molar-refractivity contribution in [3.63, 3.8) is 0 Å². The molecule has 2 aromatic rings. The Balaban J connectivity index is 1.68. The first-order valence-corrected chi connectivity index (χ1v) is 6.10. The lowest BCUT2D eigenvalue weighted by Crippen LogP contribution is -2.20. The summed E-state index contributed by atoms with van der Waals surface area (Å²) in [5.74, 6) is 0. The van der Waals surface area contributed by atoms with E-state index in [0.717, 1.165) is 19.5 Å². The highest BCUT2D eigenvalue weighted by atomic mass is 15.0. The van der Waals surface area contributed by atoms with Gasteiger partial charge in [0.1, 0.15) is 0 Å². The standard InChI is InChI=1S/C14H19N3/c1-13(14-6-3-2-4-7-14)16-8-5-10-17-11-9-15-12-17/h2-4,6-7,9,11-13,16H,5,8,10H2,1H3/t13-/m1/s1. The maximum Gasteiger partial charge on any atom is 0.0945 e. The van der Waals surface area contributed by atoms with Crippen LogP contribution in [0.4, 0.5) is 0 Å². The first kappa shape index (κ1) is 11.9. The maximum absolute atomic E-state index is 4.03. The van der Waals surface area contributed by atoms with Gasteiger partial charge in [0.05, 0.1) is 6.33 Å². The van der Waals surface area contributed by atoms with Gasteiger partial charge in [-0.15, -0.1) is 0 Å². The third-order valence-electron chi connectivity index (χ3n) is 2.90. The van der Waals surface area contributed by atoms with E-state index in [9.17, 15) is 0 Å². The van der Waals surface area contributed by atoms with Crippen LogP contribution in [0.1, 0.15) is 24.9 Å². The second kappa shape index (κ2) is 6.21. The predicted molar refractivity (Wildman–Crippen MR) is 69.7 cm³/mol. The van der Waals surface area contributed by atoms with Crippen LogP contribution in [-0.2, 0) is 6.54 Å². The SMILES string of the molecule is C[C@@H](NCCCn1ccnc1)c1ccccc1. The second-order valence-corrected chi connectivity index (χ2v) is 4.24. The Kier molecular flexibility index (Phi) is 4.33. The van der Waals surface area contributed by atoms with Crippen molar-refractivity contribution >= 4 is 0 Å². The second-order valence-electron chi connectivity index (χ2n) is 4.24. The van der Waals surface area contributed by atoms with Crippen LogP contribution in [0.5, 0.6) is 0 Å². The van der Waals surface area contributed by atoms with E-state index in [1.807, 2.05) is 18.7 Å². The van der Waals surface area contributed by atoms with Crippen LogP contribution in [0.2, 0.25) is 0 Å². The fourth-order valence-electron chi connectivity index (χ4n) is 1.86. The van der Waals surface area contributed by atoms with Gasteiger partial charge in [-0.05, 0) is 25.5 Å². The van der Waals surface area contributed by atoms with Crippen LogP contribution < -0.4 is 5.32 Å². The molecule has 1 aromatic heterocycles. The number of nitrogens with one attached hydrogen (secondary N) is 1. The zero-order chi connectivity index (χ0) is 11.9. The van der Waals surface area contributed by atoms with Crippen LogP contribution in [-0.4, -0.2) is 16.1 Å². The third kappa shape index (κ3) is 3.71. The van der Waals surface area contributed by atoms with Gasteiger partial charge in [-0.3, -0.25) is 0 Å². The first-order valence-electron chi connectivity index (χ1n) is 6.10. The number of nitrogens with zero attached hydrogens (tertiary/aromatic N) is 2. The Labute approximate surface area is 103 Å². The summed E-state index contributed by atoms with van der Waals surface area (Å²) in [6.45, 7) is 4.25. The largest absolute Gasteiger partial charge is 0.337 e. The summed E-state index contributed by atoms with van der Waals surface area (Å²) >= 11 is 0. The molecule has 0 spiro atoms. The van der Waals surface area contributed by atoms with E-state index in [0.29, 0.717) is 6.04 Å².